The molecule has 2 rings (SSSR count). The Labute approximate surface area is 147 Å². The summed E-state index contributed by atoms with van der Waals surface area (Å²) in [6, 6.07) is 7.30. The van der Waals surface area contributed by atoms with Gasteiger partial charge in [-0.05, 0) is 50.9 Å². The first kappa shape index (κ1) is 18.9. The second-order valence-corrected chi connectivity index (χ2v) is 6.42. The van der Waals surface area contributed by atoms with Crippen LogP contribution in [0.1, 0.15) is 24.8 Å². The van der Waals surface area contributed by atoms with Crippen molar-refractivity contribution >= 4 is 23.4 Å². The summed E-state index contributed by atoms with van der Waals surface area (Å²) in [4.78, 5) is 37.2. The number of piperidine rings is 1. The zero-order chi connectivity index (χ0) is 18.2. The van der Waals surface area contributed by atoms with Gasteiger partial charge in [-0.2, -0.15) is 0 Å². The minimum absolute atomic E-state index is 0.0803. The molecule has 7 heteroatoms. The quantitative estimate of drug-likeness (QED) is 0.519. The molecular formula is C18H26N4O3. The maximum atomic E-state index is 11.9. The number of para-hydroxylation sites is 1. The van der Waals surface area contributed by atoms with Crippen LogP contribution in [0.2, 0.25) is 0 Å². The first-order chi connectivity index (χ1) is 12.0. The Balaban J connectivity index is 1.67. The van der Waals surface area contributed by atoms with Gasteiger partial charge in [-0.15, -0.1) is 0 Å². The molecule has 0 radical (unpaired) electrons. The van der Waals surface area contributed by atoms with Crippen LogP contribution >= 0.6 is 0 Å². The van der Waals surface area contributed by atoms with Gasteiger partial charge in [0.2, 0.25) is 5.91 Å². The first-order valence-electron chi connectivity index (χ1n) is 8.64. The van der Waals surface area contributed by atoms with Gasteiger partial charge in [0.25, 0.3) is 0 Å². The number of hydrogen-bond donors (Lipinski definition) is 3. The SMILES string of the molecule is Cc1ccccc1NC(=O)C(=O)NCCCN1CCC[C@H](C(N)=O)C1. The lowest BCUT2D eigenvalue weighted by Gasteiger charge is -2.31. The van der Waals surface area contributed by atoms with Gasteiger partial charge in [0.1, 0.15) is 0 Å². The Morgan fingerprint density at radius 3 is 2.72 bits per heavy atom. The highest BCUT2D eigenvalue weighted by Gasteiger charge is 2.23. The van der Waals surface area contributed by atoms with Crippen molar-refractivity contribution in [1.29, 1.82) is 0 Å². The van der Waals surface area contributed by atoms with E-state index in [1.807, 2.05) is 19.1 Å². The lowest BCUT2D eigenvalue weighted by Crippen LogP contribution is -2.42. The molecule has 7 nitrogen and oxygen atoms in total. The van der Waals surface area contributed by atoms with Gasteiger partial charge in [0.05, 0.1) is 5.92 Å². The number of benzene rings is 1. The van der Waals surface area contributed by atoms with Gasteiger partial charge in [0, 0.05) is 18.8 Å². The summed E-state index contributed by atoms with van der Waals surface area (Å²) in [5, 5.41) is 5.23. The number of aryl methyl sites for hydroxylation is 1. The zero-order valence-corrected chi connectivity index (χ0v) is 14.6. The average Bonchev–Trinajstić information content (AvgIpc) is 2.60. The molecule has 3 amide bonds. The molecule has 0 aromatic heterocycles. The Bertz CT molecular complexity index is 633. The number of carbonyl (C=O) groups is 3. The molecule has 0 spiro atoms. The number of likely N-dealkylation sites (tertiary alicyclic amines) is 1. The van der Waals surface area contributed by atoms with E-state index in [-0.39, 0.29) is 11.8 Å². The van der Waals surface area contributed by atoms with Crippen molar-refractivity contribution in [3.8, 4) is 0 Å². The topological polar surface area (TPSA) is 105 Å². The van der Waals surface area contributed by atoms with Crippen molar-refractivity contribution in [3.05, 3.63) is 29.8 Å². The Morgan fingerprint density at radius 2 is 2.00 bits per heavy atom. The monoisotopic (exact) mass is 346 g/mol. The largest absolute Gasteiger partial charge is 0.369 e. The minimum atomic E-state index is -0.666. The highest BCUT2D eigenvalue weighted by Crippen LogP contribution is 2.16. The lowest BCUT2D eigenvalue weighted by atomic mass is 9.97. The maximum Gasteiger partial charge on any atom is 0.313 e. The van der Waals surface area contributed by atoms with Gasteiger partial charge in [-0.25, -0.2) is 0 Å². The molecule has 1 aromatic rings. The highest BCUT2D eigenvalue weighted by molar-refractivity contribution is 6.39. The number of amides is 3. The molecule has 1 aliphatic rings. The molecule has 1 saturated heterocycles. The summed E-state index contributed by atoms with van der Waals surface area (Å²) in [6.07, 6.45) is 2.52. The summed E-state index contributed by atoms with van der Waals surface area (Å²) in [5.74, 6) is -1.63. The van der Waals surface area contributed by atoms with E-state index in [1.165, 1.54) is 0 Å². The summed E-state index contributed by atoms with van der Waals surface area (Å²) in [7, 11) is 0. The fourth-order valence-electron chi connectivity index (χ4n) is 2.97. The van der Waals surface area contributed by atoms with E-state index in [4.69, 9.17) is 5.73 Å². The summed E-state index contributed by atoms with van der Waals surface area (Å²) in [6.45, 7) is 4.66. The fourth-order valence-corrected chi connectivity index (χ4v) is 2.97. The number of nitrogens with one attached hydrogen (secondary N) is 2. The first-order valence-corrected chi connectivity index (χ1v) is 8.64. The second-order valence-electron chi connectivity index (χ2n) is 6.42. The normalized spacial score (nSPS) is 17.7. The lowest BCUT2D eigenvalue weighted by molar-refractivity contribution is -0.136. The predicted octanol–water partition coefficient (Wildman–Crippen LogP) is 0.637. The van der Waals surface area contributed by atoms with Gasteiger partial charge >= 0.3 is 11.8 Å². The Hall–Kier alpha value is -2.41. The standard InChI is InChI=1S/C18H26N4O3/c1-13-6-2-3-8-15(13)21-18(25)17(24)20-9-5-11-22-10-4-7-14(12-22)16(19)23/h2-3,6,8,14H,4-5,7,9-12H2,1H3,(H2,19,23)(H,20,24)(H,21,25)/t14-/m0/s1. The molecule has 0 bridgehead atoms. The maximum absolute atomic E-state index is 11.9. The molecule has 0 unspecified atom stereocenters. The van der Waals surface area contributed by atoms with Crippen LogP contribution in [0.15, 0.2) is 24.3 Å². The third-order valence-corrected chi connectivity index (χ3v) is 4.44. The van der Waals surface area contributed by atoms with Crippen molar-refractivity contribution in [2.45, 2.75) is 26.2 Å². The van der Waals surface area contributed by atoms with Gasteiger partial charge in [-0.3, -0.25) is 14.4 Å². The number of rotatable bonds is 6. The van der Waals surface area contributed by atoms with Crippen LogP contribution in [0.25, 0.3) is 0 Å². The zero-order valence-electron chi connectivity index (χ0n) is 14.6. The van der Waals surface area contributed by atoms with Crippen molar-refractivity contribution in [2.24, 2.45) is 11.7 Å². The number of nitrogens with two attached hydrogens (primary N) is 1. The van der Waals surface area contributed by atoms with Crippen LogP contribution in [0.4, 0.5) is 5.69 Å². The van der Waals surface area contributed by atoms with E-state index in [0.29, 0.717) is 18.8 Å². The average molecular weight is 346 g/mol. The summed E-state index contributed by atoms with van der Waals surface area (Å²) in [5.41, 5.74) is 6.90. The molecule has 1 aromatic carbocycles. The predicted molar refractivity (Wildman–Crippen MR) is 95.8 cm³/mol. The Morgan fingerprint density at radius 1 is 1.24 bits per heavy atom. The number of nitrogens with zero attached hydrogens (tertiary/aromatic N) is 1. The minimum Gasteiger partial charge on any atom is -0.369 e. The summed E-state index contributed by atoms with van der Waals surface area (Å²) < 4.78 is 0. The van der Waals surface area contributed by atoms with E-state index < -0.39 is 11.8 Å². The van der Waals surface area contributed by atoms with E-state index in [9.17, 15) is 14.4 Å². The van der Waals surface area contributed by atoms with Crippen LogP contribution in [0.5, 0.6) is 0 Å². The molecule has 1 fully saturated rings. The van der Waals surface area contributed by atoms with Crippen LogP contribution in [0.3, 0.4) is 0 Å². The molecule has 136 valence electrons. The van der Waals surface area contributed by atoms with Gasteiger partial charge in [-0.1, -0.05) is 18.2 Å². The van der Waals surface area contributed by atoms with Gasteiger partial charge < -0.3 is 21.3 Å². The molecule has 1 heterocycles. The molecule has 0 saturated carbocycles. The Kier molecular flexibility index (Phi) is 6.94. The second kappa shape index (κ2) is 9.17. The molecule has 4 N–H and O–H groups in total. The van der Waals surface area contributed by atoms with Gasteiger partial charge in [0.15, 0.2) is 0 Å². The van der Waals surface area contributed by atoms with Crippen molar-refractivity contribution < 1.29 is 14.4 Å². The number of primary amides is 1. The van der Waals surface area contributed by atoms with E-state index in [1.54, 1.807) is 12.1 Å². The van der Waals surface area contributed by atoms with Crippen LogP contribution in [-0.4, -0.2) is 48.8 Å². The van der Waals surface area contributed by atoms with Crippen LogP contribution < -0.4 is 16.4 Å². The van der Waals surface area contributed by atoms with Crippen LogP contribution in [-0.2, 0) is 14.4 Å². The summed E-state index contributed by atoms with van der Waals surface area (Å²) >= 11 is 0. The van der Waals surface area contributed by atoms with E-state index in [2.05, 4.69) is 15.5 Å². The number of carbonyl (C=O) groups excluding carboxylic acids is 3. The number of anilines is 1. The van der Waals surface area contributed by atoms with E-state index >= 15 is 0 Å². The highest BCUT2D eigenvalue weighted by atomic mass is 16.2. The van der Waals surface area contributed by atoms with Crippen molar-refractivity contribution in [1.82, 2.24) is 10.2 Å². The van der Waals surface area contributed by atoms with Crippen molar-refractivity contribution in [2.75, 3.05) is 31.5 Å². The molecule has 0 aliphatic carbocycles. The molecular weight excluding hydrogens is 320 g/mol. The number of hydrogen-bond acceptors (Lipinski definition) is 4. The van der Waals surface area contributed by atoms with Crippen molar-refractivity contribution in [3.63, 3.8) is 0 Å². The third-order valence-electron chi connectivity index (χ3n) is 4.44. The van der Waals surface area contributed by atoms with E-state index in [0.717, 1.165) is 37.9 Å². The van der Waals surface area contributed by atoms with Crippen LogP contribution in [0, 0.1) is 12.8 Å². The smallest absolute Gasteiger partial charge is 0.313 e. The molecule has 1 aliphatic heterocycles. The molecule has 25 heavy (non-hydrogen) atoms. The molecule has 1 atom stereocenters. The third kappa shape index (κ3) is 5.86. The fraction of sp³-hybridized carbons (Fsp3) is 0.500.